The number of nitrogens with zero attached hydrogens (tertiary/aromatic N) is 3. The molecule has 0 spiro atoms. The van der Waals surface area contributed by atoms with Gasteiger partial charge in [-0.3, -0.25) is 4.79 Å². The minimum atomic E-state index is -0.517. The highest BCUT2D eigenvalue weighted by Crippen LogP contribution is 2.48. The van der Waals surface area contributed by atoms with E-state index in [0.29, 0.717) is 77.3 Å². The molecular weight excluding hydrogens is 514 g/mol. The number of piperidine rings is 1. The van der Waals surface area contributed by atoms with E-state index in [1.807, 2.05) is 32.9 Å². The maximum absolute atomic E-state index is 13.2. The first-order valence-corrected chi connectivity index (χ1v) is 13.9. The molecular formula is C29H35N5O6. The Morgan fingerprint density at radius 1 is 1.10 bits per heavy atom. The van der Waals surface area contributed by atoms with Crippen LogP contribution in [0.15, 0.2) is 24.7 Å². The van der Waals surface area contributed by atoms with Gasteiger partial charge in [0.15, 0.2) is 11.5 Å². The van der Waals surface area contributed by atoms with Gasteiger partial charge < -0.3 is 34.1 Å². The molecule has 0 atom stereocenters. The third-order valence-electron chi connectivity index (χ3n) is 7.43. The topological polar surface area (TPSA) is 128 Å². The van der Waals surface area contributed by atoms with Gasteiger partial charge in [0.05, 0.1) is 23.3 Å². The van der Waals surface area contributed by atoms with E-state index in [0.717, 1.165) is 12.8 Å². The van der Waals surface area contributed by atoms with Crippen LogP contribution in [-0.4, -0.2) is 70.5 Å². The van der Waals surface area contributed by atoms with Gasteiger partial charge in [0.25, 0.3) is 5.91 Å². The van der Waals surface area contributed by atoms with Gasteiger partial charge >= 0.3 is 6.09 Å². The molecule has 0 radical (unpaired) electrons. The monoisotopic (exact) mass is 549 g/mol. The van der Waals surface area contributed by atoms with E-state index < -0.39 is 5.60 Å². The lowest BCUT2D eigenvalue weighted by molar-refractivity contribution is 0.0183. The van der Waals surface area contributed by atoms with Crippen molar-refractivity contribution < 1.29 is 28.5 Å². The van der Waals surface area contributed by atoms with Gasteiger partial charge in [0.1, 0.15) is 28.9 Å². The SMILES string of the molecule is CC(C)(C)OC(=O)N1CCC(CNC(=O)c2c[nH]c3c(-c4c(OCC5CC5)ccc5c4OCO5)ncnc23)CC1. The number of nitrogens with one attached hydrogen (secondary N) is 2. The van der Waals surface area contributed by atoms with Crippen LogP contribution in [0.3, 0.4) is 0 Å². The summed E-state index contributed by atoms with van der Waals surface area (Å²) in [6, 6.07) is 3.72. The Morgan fingerprint density at radius 2 is 1.90 bits per heavy atom. The molecule has 3 aromatic rings. The quantitative estimate of drug-likeness (QED) is 0.440. The minimum Gasteiger partial charge on any atom is -0.492 e. The van der Waals surface area contributed by atoms with E-state index in [2.05, 4.69) is 20.3 Å². The van der Waals surface area contributed by atoms with E-state index in [-0.39, 0.29) is 24.7 Å². The lowest BCUT2D eigenvalue weighted by atomic mass is 9.97. The largest absolute Gasteiger partial charge is 0.492 e. The van der Waals surface area contributed by atoms with Crippen LogP contribution in [0.25, 0.3) is 22.3 Å². The number of aromatic amines is 1. The van der Waals surface area contributed by atoms with E-state index in [1.54, 1.807) is 11.1 Å². The molecule has 1 aromatic carbocycles. The molecule has 2 amide bonds. The van der Waals surface area contributed by atoms with Crippen LogP contribution in [0.4, 0.5) is 4.79 Å². The van der Waals surface area contributed by atoms with Crippen molar-refractivity contribution in [1.82, 2.24) is 25.2 Å². The van der Waals surface area contributed by atoms with Crippen molar-refractivity contribution in [3.8, 4) is 28.5 Å². The second-order valence-electron chi connectivity index (χ2n) is 11.7. The Morgan fingerprint density at radius 3 is 2.65 bits per heavy atom. The van der Waals surface area contributed by atoms with Crippen LogP contribution in [0.1, 0.15) is 56.8 Å². The highest BCUT2D eigenvalue weighted by atomic mass is 16.7. The molecule has 11 nitrogen and oxygen atoms in total. The number of fused-ring (bicyclic) bond motifs is 2. The molecule has 2 aromatic heterocycles. The maximum Gasteiger partial charge on any atom is 0.410 e. The molecule has 0 bridgehead atoms. The number of amides is 2. The molecule has 4 heterocycles. The summed E-state index contributed by atoms with van der Waals surface area (Å²) in [6.07, 6.45) is 6.77. The Bertz CT molecular complexity index is 1420. The fraction of sp³-hybridized carbons (Fsp3) is 0.517. The summed E-state index contributed by atoms with van der Waals surface area (Å²) in [6.45, 7) is 8.08. The van der Waals surface area contributed by atoms with Gasteiger partial charge in [-0.15, -0.1) is 0 Å². The molecule has 1 saturated heterocycles. The highest BCUT2D eigenvalue weighted by molar-refractivity contribution is 6.08. The highest BCUT2D eigenvalue weighted by Gasteiger charge is 2.30. The molecule has 2 N–H and O–H groups in total. The smallest absolute Gasteiger partial charge is 0.410 e. The van der Waals surface area contributed by atoms with Gasteiger partial charge in [-0.2, -0.15) is 0 Å². The van der Waals surface area contributed by atoms with Gasteiger partial charge in [-0.05, 0) is 70.4 Å². The summed E-state index contributed by atoms with van der Waals surface area (Å²) < 4.78 is 23.1. The first-order chi connectivity index (χ1) is 19.3. The summed E-state index contributed by atoms with van der Waals surface area (Å²) >= 11 is 0. The van der Waals surface area contributed by atoms with Crippen molar-refractivity contribution in [3.63, 3.8) is 0 Å². The summed E-state index contributed by atoms with van der Waals surface area (Å²) in [5.74, 6) is 2.50. The number of carbonyl (C=O) groups excluding carboxylic acids is 2. The van der Waals surface area contributed by atoms with Gasteiger partial charge in [-0.1, -0.05) is 0 Å². The number of likely N-dealkylation sites (tertiary alicyclic amines) is 1. The molecule has 1 aliphatic carbocycles. The summed E-state index contributed by atoms with van der Waals surface area (Å²) in [7, 11) is 0. The molecule has 0 unspecified atom stereocenters. The second-order valence-corrected chi connectivity index (χ2v) is 11.7. The zero-order valence-electron chi connectivity index (χ0n) is 23.1. The van der Waals surface area contributed by atoms with Crippen molar-refractivity contribution in [2.75, 3.05) is 33.0 Å². The standard InChI is InChI=1S/C29H35N5O6/c1-29(2,3)40-28(36)34-10-8-17(9-11-34)12-31-27(35)19-13-30-25-23(19)32-15-33-24(25)22-20(37-14-18-4-5-18)6-7-21-26(22)39-16-38-21/h6-7,13,15,17-18,30H,4-5,8-12,14,16H2,1-3H3,(H,31,35). The molecule has 6 rings (SSSR count). The molecule has 40 heavy (non-hydrogen) atoms. The average Bonchev–Trinajstić information content (AvgIpc) is 3.45. The van der Waals surface area contributed by atoms with Crippen molar-refractivity contribution in [1.29, 1.82) is 0 Å². The Labute approximate surface area is 232 Å². The van der Waals surface area contributed by atoms with E-state index >= 15 is 0 Å². The van der Waals surface area contributed by atoms with Crippen LogP contribution in [0.2, 0.25) is 0 Å². The predicted molar refractivity (Wildman–Crippen MR) is 147 cm³/mol. The van der Waals surface area contributed by atoms with Gasteiger partial charge in [-0.25, -0.2) is 14.8 Å². The van der Waals surface area contributed by atoms with Gasteiger partial charge in [0.2, 0.25) is 6.79 Å². The van der Waals surface area contributed by atoms with Crippen LogP contribution in [0.5, 0.6) is 17.2 Å². The van der Waals surface area contributed by atoms with Crippen molar-refractivity contribution >= 4 is 23.0 Å². The second kappa shape index (κ2) is 10.5. The number of hydrogen-bond acceptors (Lipinski definition) is 8. The van der Waals surface area contributed by atoms with Gasteiger partial charge in [0, 0.05) is 25.8 Å². The molecule has 212 valence electrons. The van der Waals surface area contributed by atoms with Crippen LogP contribution >= 0.6 is 0 Å². The normalized spacial score (nSPS) is 17.2. The van der Waals surface area contributed by atoms with Crippen LogP contribution in [0, 0.1) is 11.8 Å². The minimum absolute atomic E-state index is 0.123. The Kier molecular flexibility index (Phi) is 6.89. The molecule has 2 fully saturated rings. The van der Waals surface area contributed by atoms with Crippen LogP contribution < -0.4 is 19.5 Å². The molecule has 11 heteroatoms. The lowest BCUT2D eigenvalue weighted by Crippen LogP contribution is -2.43. The fourth-order valence-electron chi connectivity index (χ4n) is 5.07. The number of aromatic nitrogens is 3. The maximum atomic E-state index is 13.2. The summed E-state index contributed by atoms with van der Waals surface area (Å²) in [5.41, 5.74) is 2.35. The van der Waals surface area contributed by atoms with Crippen molar-refractivity contribution in [3.05, 3.63) is 30.2 Å². The number of benzene rings is 1. The van der Waals surface area contributed by atoms with Crippen LogP contribution in [-0.2, 0) is 4.74 Å². The summed E-state index contributed by atoms with van der Waals surface area (Å²) in [4.78, 5) is 39.5. The number of hydrogen-bond donors (Lipinski definition) is 2. The third-order valence-corrected chi connectivity index (χ3v) is 7.43. The zero-order chi connectivity index (χ0) is 27.9. The average molecular weight is 550 g/mol. The number of carbonyl (C=O) groups is 2. The fourth-order valence-corrected chi connectivity index (χ4v) is 5.07. The first-order valence-electron chi connectivity index (χ1n) is 13.9. The lowest BCUT2D eigenvalue weighted by Gasteiger charge is -2.33. The number of ether oxygens (including phenoxy) is 4. The predicted octanol–water partition coefficient (Wildman–Crippen LogP) is 4.52. The van der Waals surface area contributed by atoms with Crippen molar-refractivity contribution in [2.45, 2.75) is 52.1 Å². The van der Waals surface area contributed by atoms with E-state index in [9.17, 15) is 9.59 Å². The molecule has 3 aliphatic rings. The van der Waals surface area contributed by atoms with E-state index in [1.165, 1.54) is 19.2 Å². The molecule has 2 aliphatic heterocycles. The molecule has 1 saturated carbocycles. The zero-order valence-corrected chi connectivity index (χ0v) is 23.1. The first kappa shape index (κ1) is 26.2. The number of H-pyrrole nitrogens is 1. The Balaban J connectivity index is 1.16. The summed E-state index contributed by atoms with van der Waals surface area (Å²) in [5, 5.41) is 3.06. The Hall–Kier alpha value is -4.02. The number of rotatable bonds is 7. The van der Waals surface area contributed by atoms with Crippen molar-refractivity contribution in [2.24, 2.45) is 11.8 Å². The third kappa shape index (κ3) is 5.50. The van der Waals surface area contributed by atoms with E-state index in [4.69, 9.17) is 18.9 Å².